The molecule has 5 heteroatoms. The summed E-state index contributed by atoms with van der Waals surface area (Å²) in [6, 6.07) is 65.0. The summed E-state index contributed by atoms with van der Waals surface area (Å²) in [6.07, 6.45) is 0. The van der Waals surface area contributed by atoms with Gasteiger partial charge >= 0.3 is 0 Å². The molecule has 12 aromatic rings. The number of hydrogen-bond acceptors (Lipinski definition) is 3. The van der Waals surface area contributed by atoms with E-state index in [2.05, 4.69) is 179 Å². The zero-order valence-corrected chi connectivity index (χ0v) is 30.3. The fourth-order valence-corrected chi connectivity index (χ4v) is 10.0. The fourth-order valence-electron chi connectivity index (χ4n) is 8.78. The van der Waals surface area contributed by atoms with E-state index in [-0.39, 0.29) is 0 Å². The van der Waals surface area contributed by atoms with Gasteiger partial charge in [-0.2, -0.15) is 0 Å². The van der Waals surface area contributed by atoms with Crippen molar-refractivity contribution < 1.29 is 0 Å². The summed E-state index contributed by atoms with van der Waals surface area (Å²) in [5.41, 5.74) is 11.1. The largest absolute Gasteiger partial charge is 0.309 e. The number of fused-ring (bicyclic) bond motifs is 13. The van der Waals surface area contributed by atoms with Crippen LogP contribution >= 0.6 is 11.3 Å². The van der Waals surface area contributed by atoms with Crippen LogP contribution in [0.3, 0.4) is 0 Å². The van der Waals surface area contributed by atoms with Gasteiger partial charge < -0.3 is 9.13 Å². The van der Waals surface area contributed by atoms with E-state index in [1.54, 1.807) is 0 Å². The molecule has 0 saturated carbocycles. The number of hydrogen-bond donors (Lipinski definition) is 0. The molecule has 0 aliphatic heterocycles. The molecule has 0 unspecified atom stereocenters. The predicted molar refractivity (Wildman–Crippen MR) is 232 cm³/mol. The first-order valence-electron chi connectivity index (χ1n) is 18.6. The van der Waals surface area contributed by atoms with Crippen LogP contribution in [0, 0.1) is 0 Å². The molecule has 4 aromatic heterocycles. The van der Waals surface area contributed by atoms with Crippen LogP contribution in [0.4, 0.5) is 0 Å². The SMILES string of the molecule is c1ccc(-c2nc(-c3ccc(-n4c5ccccc5c5c6c7ccccc7n(-c7ccccc7)c6c6c7ccccc7sc6c54)cc3)nc3ccccc23)cc1. The summed E-state index contributed by atoms with van der Waals surface area (Å²) in [5.74, 6) is 0.716. The second-order valence-electron chi connectivity index (χ2n) is 14.1. The summed E-state index contributed by atoms with van der Waals surface area (Å²) >= 11 is 1.89. The number of aromatic nitrogens is 4. The zero-order valence-electron chi connectivity index (χ0n) is 29.5. The maximum Gasteiger partial charge on any atom is 0.160 e. The van der Waals surface area contributed by atoms with Crippen molar-refractivity contribution in [3.05, 3.63) is 182 Å². The predicted octanol–water partition coefficient (Wildman–Crippen LogP) is 13.5. The number of thiophene rings is 1. The third kappa shape index (κ3) is 4.39. The Morgan fingerprint density at radius 3 is 1.65 bits per heavy atom. The van der Waals surface area contributed by atoms with E-state index < -0.39 is 0 Å². The minimum atomic E-state index is 0.716. The molecule has 0 fully saturated rings. The van der Waals surface area contributed by atoms with Gasteiger partial charge in [-0.25, -0.2) is 9.97 Å². The van der Waals surface area contributed by atoms with Crippen LogP contribution in [0.1, 0.15) is 0 Å². The molecule has 0 saturated heterocycles. The Morgan fingerprint density at radius 1 is 0.382 bits per heavy atom. The average molecular weight is 719 g/mol. The summed E-state index contributed by atoms with van der Waals surface area (Å²) in [4.78, 5) is 10.2. The molecule has 0 spiro atoms. The van der Waals surface area contributed by atoms with Crippen LogP contribution in [-0.4, -0.2) is 19.1 Å². The van der Waals surface area contributed by atoms with Crippen LogP contribution in [0.5, 0.6) is 0 Å². The summed E-state index contributed by atoms with van der Waals surface area (Å²) in [5, 5.41) is 8.69. The molecule has 0 bridgehead atoms. The van der Waals surface area contributed by atoms with Gasteiger partial charge in [-0.05, 0) is 60.7 Å². The van der Waals surface area contributed by atoms with Crippen molar-refractivity contribution >= 4 is 86.0 Å². The lowest BCUT2D eigenvalue weighted by Crippen LogP contribution is -1.97. The van der Waals surface area contributed by atoms with Crippen molar-refractivity contribution in [3.8, 4) is 34.0 Å². The van der Waals surface area contributed by atoms with Crippen LogP contribution in [0.2, 0.25) is 0 Å². The van der Waals surface area contributed by atoms with Gasteiger partial charge in [0, 0.05) is 64.9 Å². The van der Waals surface area contributed by atoms with Crippen molar-refractivity contribution in [2.75, 3.05) is 0 Å². The van der Waals surface area contributed by atoms with E-state index in [9.17, 15) is 0 Å². The molecular formula is C50H30N4S. The fraction of sp³-hybridized carbons (Fsp3) is 0. The van der Waals surface area contributed by atoms with Gasteiger partial charge in [0.15, 0.2) is 5.82 Å². The minimum absolute atomic E-state index is 0.716. The van der Waals surface area contributed by atoms with Crippen molar-refractivity contribution in [2.45, 2.75) is 0 Å². The second-order valence-corrected chi connectivity index (χ2v) is 15.2. The molecule has 0 amide bonds. The highest BCUT2D eigenvalue weighted by atomic mass is 32.1. The summed E-state index contributed by atoms with van der Waals surface area (Å²) in [7, 11) is 0. The molecule has 0 N–H and O–H groups in total. The van der Waals surface area contributed by atoms with Gasteiger partial charge in [0.1, 0.15) is 0 Å². The minimum Gasteiger partial charge on any atom is -0.309 e. The Labute approximate surface area is 319 Å². The van der Waals surface area contributed by atoms with E-state index in [4.69, 9.17) is 9.97 Å². The topological polar surface area (TPSA) is 35.6 Å². The first kappa shape index (κ1) is 30.4. The number of nitrogens with zero attached hydrogens (tertiary/aromatic N) is 4. The zero-order chi connectivity index (χ0) is 36.0. The van der Waals surface area contributed by atoms with E-state index in [1.165, 1.54) is 63.8 Å². The standard InChI is InChI=1S/C50H30N4S/c1-3-15-31(16-4-1)46-35-19-7-11-23-39(35)51-50(52-46)32-27-29-34(30-28-32)54-41-25-13-9-21-37(41)44-43-36-20-8-12-24-40(36)53(33-17-5-2-6-18-33)47(43)45-38-22-10-14-26-42(38)55-49(45)48(44)54/h1-30H. The van der Waals surface area contributed by atoms with E-state index >= 15 is 0 Å². The average Bonchev–Trinajstić information content (AvgIpc) is 3.92. The van der Waals surface area contributed by atoms with Crippen LogP contribution in [0.15, 0.2) is 182 Å². The van der Waals surface area contributed by atoms with E-state index in [1.807, 2.05) is 23.5 Å². The third-order valence-corrected chi connectivity index (χ3v) is 12.3. The highest BCUT2D eigenvalue weighted by Crippen LogP contribution is 2.51. The highest BCUT2D eigenvalue weighted by molar-refractivity contribution is 7.27. The monoisotopic (exact) mass is 718 g/mol. The Hall–Kier alpha value is -7.08. The molecule has 0 atom stereocenters. The van der Waals surface area contributed by atoms with Crippen molar-refractivity contribution in [2.24, 2.45) is 0 Å². The molecule has 256 valence electrons. The van der Waals surface area contributed by atoms with Gasteiger partial charge in [-0.3, -0.25) is 0 Å². The number of para-hydroxylation sites is 4. The quantitative estimate of drug-likeness (QED) is 0.182. The lowest BCUT2D eigenvalue weighted by Gasteiger charge is -2.12. The first-order valence-corrected chi connectivity index (χ1v) is 19.4. The van der Waals surface area contributed by atoms with Gasteiger partial charge in [0.05, 0.1) is 38.0 Å². The number of rotatable bonds is 4. The molecule has 0 aliphatic rings. The second kappa shape index (κ2) is 11.7. The summed E-state index contributed by atoms with van der Waals surface area (Å²) < 4.78 is 7.54. The molecule has 0 aliphatic carbocycles. The number of benzene rings is 8. The maximum atomic E-state index is 5.17. The Morgan fingerprint density at radius 2 is 0.927 bits per heavy atom. The van der Waals surface area contributed by atoms with Crippen molar-refractivity contribution in [1.82, 2.24) is 19.1 Å². The van der Waals surface area contributed by atoms with Crippen LogP contribution in [-0.2, 0) is 0 Å². The van der Waals surface area contributed by atoms with E-state index in [0.29, 0.717) is 5.82 Å². The van der Waals surface area contributed by atoms with Gasteiger partial charge in [-0.1, -0.05) is 121 Å². The normalized spacial score (nSPS) is 12.0. The molecular weight excluding hydrogens is 689 g/mol. The molecule has 0 radical (unpaired) electrons. The van der Waals surface area contributed by atoms with E-state index in [0.717, 1.165) is 39.1 Å². The lowest BCUT2D eigenvalue weighted by atomic mass is 10.0. The van der Waals surface area contributed by atoms with Gasteiger partial charge in [-0.15, -0.1) is 11.3 Å². The molecule has 4 nitrogen and oxygen atoms in total. The molecule has 8 aromatic carbocycles. The Kier molecular flexibility index (Phi) is 6.47. The summed E-state index contributed by atoms with van der Waals surface area (Å²) in [6.45, 7) is 0. The highest BCUT2D eigenvalue weighted by Gasteiger charge is 2.26. The van der Waals surface area contributed by atoms with Crippen molar-refractivity contribution in [3.63, 3.8) is 0 Å². The van der Waals surface area contributed by atoms with Crippen molar-refractivity contribution in [1.29, 1.82) is 0 Å². The molecule has 55 heavy (non-hydrogen) atoms. The van der Waals surface area contributed by atoms with Gasteiger partial charge in [0.25, 0.3) is 0 Å². The maximum absolute atomic E-state index is 5.17. The van der Waals surface area contributed by atoms with Crippen LogP contribution in [0.25, 0.3) is 109 Å². The van der Waals surface area contributed by atoms with Crippen LogP contribution < -0.4 is 0 Å². The smallest absolute Gasteiger partial charge is 0.160 e. The lowest BCUT2D eigenvalue weighted by molar-refractivity contribution is 1.18. The molecule has 4 heterocycles. The van der Waals surface area contributed by atoms with Gasteiger partial charge in [0.2, 0.25) is 0 Å². The Balaban J connectivity index is 1.17. The Bertz CT molecular complexity index is 3470. The third-order valence-electron chi connectivity index (χ3n) is 11.1. The first-order chi connectivity index (χ1) is 27.3. The molecule has 12 rings (SSSR count).